The number of methoxy groups -OCH3 is 1. The molecule has 0 aliphatic carbocycles. The molecule has 29 heavy (non-hydrogen) atoms. The molecule has 1 N–H and O–H groups in total. The van der Waals surface area contributed by atoms with E-state index in [-0.39, 0.29) is 17.7 Å². The van der Waals surface area contributed by atoms with Crippen molar-refractivity contribution in [2.24, 2.45) is 0 Å². The summed E-state index contributed by atoms with van der Waals surface area (Å²) < 4.78 is 17.9. The quantitative estimate of drug-likeness (QED) is 0.602. The second kappa shape index (κ2) is 8.53. The smallest absolute Gasteiger partial charge is 0.337 e. The number of hydrogen-bond donors (Lipinski definition) is 1. The van der Waals surface area contributed by atoms with Gasteiger partial charge in [-0.2, -0.15) is 0 Å². The van der Waals surface area contributed by atoms with Gasteiger partial charge in [0.25, 0.3) is 0 Å². The minimum Gasteiger partial charge on any atom is -0.465 e. The number of ether oxygens (including phenoxy) is 1. The van der Waals surface area contributed by atoms with E-state index in [1.807, 2.05) is 6.07 Å². The van der Waals surface area contributed by atoms with Crippen LogP contribution in [0.25, 0.3) is 0 Å². The number of amides is 1. The molecule has 5 nitrogen and oxygen atoms in total. The summed E-state index contributed by atoms with van der Waals surface area (Å²) in [5, 5.41) is 3.33. The molecule has 0 saturated heterocycles. The second-order valence-corrected chi connectivity index (χ2v) is 8.20. The van der Waals surface area contributed by atoms with Crippen molar-refractivity contribution in [3.8, 4) is 0 Å². The lowest BCUT2D eigenvalue weighted by atomic mass is 9.84. The molecule has 0 unspecified atom stereocenters. The van der Waals surface area contributed by atoms with Crippen LogP contribution in [-0.2, 0) is 21.4 Å². The average Bonchev–Trinajstić information content (AvgIpc) is 3.14. The summed E-state index contributed by atoms with van der Waals surface area (Å²) in [5.41, 5.74) is 1.31. The van der Waals surface area contributed by atoms with Gasteiger partial charge in [-0.1, -0.05) is 24.3 Å². The van der Waals surface area contributed by atoms with Crippen molar-refractivity contribution >= 4 is 28.3 Å². The molecule has 0 bridgehead atoms. The van der Waals surface area contributed by atoms with Gasteiger partial charge in [0.2, 0.25) is 5.91 Å². The number of aromatic nitrogens is 1. The lowest BCUT2D eigenvalue weighted by Crippen LogP contribution is -2.34. The number of hydrogen-bond acceptors (Lipinski definition) is 5. The first-order valence-corrected chi connectivity index (χ1v) is 9.80. The van der Waals surface area contributed by atoms with E-state index < -0.39 is 5.41 Å². The minimum atomic E-state index is -0.839. The highest BCUT2D eigenvalue weighted by molar-refractivity contribution is 7.15. The van der Waals surface area contributed by atoms with E-state index in [1.165, 1.54) is 30.6 Å². The maximum absolute atomic E-state index is 13.2. The fraction of sp³-hybridized carbons (Fsp3) is 0.227. The fourth-order valence-electron chi connectivity index (χ4n) is 2.83. The van der Waals surface area contributed by atoms with Crippen LogP contribution in [-0.4, -0.2) is 24.0 Å². The molecule has 3 rings (SSSR count). The third-order valence-corrected chi connectivity index (χ3v) is 5.55. The van der Waals surface area contributed by atoms with E-state index in [0.29, 0.717) is 22.7 Å². The number of nitrogens with zero attached hydrogens (tertiary/aromatic N) is 1. The number of rotatable bonds is 6. The van der Waals surface area contributed by atoms with Crippen molar-refractivity contribution in [3.05, 3.63) is 82.1 Å². The summed E-state index contributed by atoms with van der Waals surface area (Å²) in [6, 6.07) is 13.1. The van der Waals surface area contributed by atoms with Crippen LogP contribution >= 0.6 is 11.3 Å². The highest BCUT2D eigenvalue weighted by atomic mass is 32.1. The molecule has 3 aromatic rings. The molecular weight excluding hydrogens is 391 g/mol. The summed E-state index contributed by atoms with van der Waals surface area (Å²) in [6.45, 7) is 3.56. The minimum absolute atomic E-state index is 0.224. The first-order chi connectivity index (χ1) is 13.8. The number of carbonyl (C=O) groups excluding carboxylic acids is 2. The molecule has 0 atom stereocenters. The molecule has 7 heteroatoms. The molecule has 0 aliphatic rings. The summed E-state index contributed by atoms with van der Waals surface area (Å²) >= 11 is 1.37. The number of thiazole rings is 1. The van der Waals surface area contributed by atoms with Crippen molar-refractivity contribution in [1.29, 1.82) is 0 Å². The van der Waals surface area contributed by atoms with Gasteiger partial charge in [0.1, 0.15) is 5.82 Å². The van der Waals surface area contributed by atoms with Crippen molar-refractivity contribution in [3.63, 3.8) is 0 Å². The molecule has 1 heterocycles. The van der Waals surface area contributed by atoms with Crippen LogP contribution in [0.1, 0.15) is 40.2 Å². The van der Waals surface area contributed by atoms with E-state index >= 15 is 0 Å². The Bertz CT molecular complexity index is 1030. The van der Waals surface area contributed by atoms with Crippen molar-refractivity contribution in [2.75, 3.05) is 12.4 Å². The number of benzene rings is 2. The lowest BCUT2D eigenvalue weighted by Gasteiger charge is -2.23. The molecule has 0 radical (unpaired) electrons. The number of anilines is 1. The highest BCUT2D eigenvalue weighted by Crippen LogP contribution is 2.27. The third-order valence-electron chi connectivity index (χ3n) is 4.63. The Balaban J connectivity index is 1.69. The lowest BCUT2D eigenvalue weighted by molar-refractivity contribution is -0.120. The highest BCUT2D eigenvalue weighted by Gasteiger charge is 2.30. The molecule has 1 amide bonds. The molecular formula is C22H21FN2O3S. The van der Waals surface area contributed by atoms with Crippen molar-refractivity contribution in [2.45, 2.75) is 25.7 Å². The van der Waals surface area contributed by atoms with Gasteiger partial charge in [0, 0.05) is 17.5 Å². The Morgan fingerprint density at radius 1 is 1.17 bits per heavy atom. The zero-order chi connectivity index (χ0) is 21.0. The van der Waals surface area contributed by atoms with Gasteiger partial charge in [-0.05, 0) is 49.2 Å². The Kier molecular flexibility index (Phi) is 6.08. The molecule has 0 aliphatic heterocycles. The van der Waals surface area contributed by atoms with E-state index in [4.69, 9.17) is 4.74 Å². The molecule has 150 valence electrons. The summed E-state index contributed by atoms with van der Waals surface area (Å²) in [4.78, 5) is 29.7. The van der Waals surface area contributed by atoms with Crippen molar-refractivity contribution in [1.82, 2.24) is 4.98 Å². The van der Waals surface area contributed by atoms with Gasteiger partial charge in [0.15, 0.2) is 5.13 Å². The summed E-state index contributed by atoms with van der Waals surface area (Å²) in [5.74, 6) is -0.948. The largest absolute Gasteiger partial charge is 0.465 e. The SMILES string of the molecule is COC(=O)c1cccc(Cc2cnc(NC(=O)C(C)(C)c3ccc(F)cc3)s2)c1. The molecule has 2 aromatic carbocycles. The van der Waals surface area contributed by atoms with Crippen LogP contribution in [0, 0.1) is 5.82 Å². The number of halogens is 1. The topological polar surface area (TPSA) is 68.3 Å². The summed E-state index contributed by atoms with van der Waals surface area (Å²) in [7, 11) is 1.35. The maximum atomic E-state index is 13.2. The standard InChI is InChI=1S/C22H21FN2O3S/c1-22(2,16-7-9-17(23)10-8-16)20(27)25-21-24-13-18(29-21)12-14-5-4-6-15(11-14)19(26)28-3/h4-11,13H,12H2,1-3H3,(H,24,25,27). The molecule has 0 spiro atoms. The van der Waals surface area contributed by atoms with Gasteiger partial charge >= 0.3 is 5.97 Å². The monoisotopic (exact) mass is 412 g/mol. The van der Waals surface area contributed by atoms with Crippen molar-refractivity contribution < 1.29 is 18.7 Å². The second-order valence-electron chi connectivity index (χ2n) is 7.09. The molecule has 0 fully saturated rings. The van der Waals surface area contributed by atoms with Gasteiger partial charge in [-0.15, -0.1) is 11.3 Å². The van der Waals surface area contributed by atoms with E-state index in [9.17, 15) is 14.0 Å². The van der Waals surface area contributed by atoms with Gasteiger partial charge in [-0.3, -0.25) is 4.79 Å². The Morgan fingerprint density at radius 3 is 2.59 bits per heavy atom. The first-order valence-electron chi connectivity index (χ1n) is 8.99. The van der Waals surface area contributed by atoms with Gasteiger partial charge in [-0.25, -0.2) is 14.2 Å². The van der Waals surface area contributed by atoms with Crippen LogP contribution in [0.2, 0.25) is 0 Å². The van der Waals surface area contributed by atoms with E-state index in [0.717, 1.165) is 10.4 Å². The van der Waals surface area contributed by atoms with E-state index in [2.05, 4.69) is 10.3 Å². The number of esters is 1. The fourth-order valence-corrected chi connectivity index (χ4v) is 3.67. The summed E-state index contributed by atoms with van der Waals surface area (Å²) in [6.07, 6.45) is 2.29. The Labute approximate surface area is 172 Å². The van der Waals surface area contributed by atoms with Crippen LogP contribution in [0.5, 0.6) is 0 Å². The predicted molar refractivity (Wildman–Crippen MR) is 111 cm³/mol. The van der Waals surface area contributed by atoms with Crippen LogP contribution < -0.4 is 5.32 Å². The van der Waals surface area contributed by atoms with Crippen LogP contribution in [0.15, 0.2) is 54.7 Å². The molecule has 1 aromatic heterocycles. The Hall–Kier alpha value is -3.06. The zero-order valence-corrected chi connectivity index (χ0v) is 17.2. The average molecular weight is 412 g/mol. The van der Waals surface area contributed by atoms with Crippen LogP contribution in [0.4, 0.5) is 9.52 Å². The first kappa shape index (κ1) is 20.7. The zero-order valence-electron chi connectivity index (χ0n) is 16.4. The van der Waals surface area contributed by atoms with Gasteiger partial charge < -0.3 is 10.1 Å². The van der Waals surface area contributed by atoms with Crippen LogP contribution in [0.3, 0.4) is 0 Å². The Morgan fingerprint density at radius 2 is 1.90 bits per heavy atom. The third kappa shape index (κ3) is 4.86. The normalized spacial score (nSPS) is 11.2. The van der Waals surface area contributed by atoms with Gasteiger partial charge in [0.05, 0.1) is 18.1 Å². The maximum Gasteiger partial charge on any atom is 0.337 e. The van der Waals surface area contributed by atoms with E-state index in [1.54, 1.807) is 50.4 Å². The number of carbonyl (C=O) groups is 2. The number of nitrogens with one attached hydrogen (secondary N) is 1. The predicted octanol–water partition coefficient (Wildman–Crippen LogP) is 4.58. The molecule has 0 saturated carbocycles.